The highest BCUT2D eigenvalue weighted by molar-refractivity contribution is 5.95. The van der Waals surface area contributed by atoms with Crippen LogP contribution in [-0.2, 0) is 19.9 Å². The Labute approximate surface area is 147 Å². The van der Waals surface area contributed by atoms with Crippen LogP contribution in [0, 0.1) is 5.41 Å². The summed E-state index contributed by atoms with van der Waals surface area (Å²) < 4.78 is 44.0. The van der Waals surface area contributed by atoms with Crippen molar-refractivity contribution in [2.24, 2.45) is 5.41 Å². The van der Waals surface area contributed by atoms with Crippen molar-refractivity contribution >= 4 is 17.6 Å². The van der Waals surface area contributed by atoms with Gasteiger partial charge < -0.3 is 9.64 Å². The molecule has 0 N–H and O–H groups in total. The van der Waals surface area contributed by atoms with Crippen LogP contribution < -0.4 is 4.90 Å². The van der Waals surface area contributed by atoms with Crippen molar-refractivity contribution < 1.29 is 27.5 Å². The van der Waals surface area contributed by atoms with Crippen molar-refractivity contribution in [2.75, 3.05) is 38.2 Å². The molecule has 1 aliphatic heterocycles. The standard InChI is InChI=1S/C16H19F3N4O3/c1-26-13(25)14-7-15(8-14,9-14)23-5-11(4-20-23)22-3-2-21(6-12(22)24)10-16(17,18)19/h4-5H,2-3,6-10H2,1H3. The molecule has 26 heavy (non-hydrogen) atoms. The largest absolute Gasteiger partial charge is 0.469 e. The van der Waals surface area contributed by atoms with Gasteiger partial charge in [0.05, 0.1) is 43.0 Å². The molecule has 4 fully saturated rings. The number of esters is 1. The number of nitrogens with zero attached hydrogens (tertiary/aromatic N) is 4. The number of hydrogen-bond donors (Lipinski definition) is 0. The highest BCUT2D eigenvalue weighted by atomic mass is 19.4. The van der Waals surface area contributed by atoms with Gasteiger partial charge >= 0.3 is 12.1 Å². The van der Waals surface area contributed by atoms with E-state index in [4.69, 9.17) is 4.74 Å². The van der Waals surface area contributed by atoms with Gasteiger partial charge in [-0.3, -0.25) is 19.2 Å². The van der Waals surface area contributed by atoms with Crippen LogP contribution in [0.1, 0.15) is 19.3 Å². The summed E-state index contributed by atoms with van der Waals surface area (Å²) in [7, 11) is 1.38. The van der Waals surface area contributed by atoms with Crippen molar-refractivity contribution in [3.63, 3.8) is 0 Å². The van der Waals surface area contributed by atoms with Gasteiger partial charge in [-0.1, -0.05) is 0 Å². The Morgan fingerprint density at radius 1 is 1.31 bits per heavy atom. The van der Waals surface area contributed by atoms with Crippen molar-refractivity contribution in [2.45, 2.75) is 31.0 Å². The Kier molecular flexibility index (Phi) is 3.63. The molecule has 0 radical (unpaired) electrons. The lowest BCUT2D eigenvalue weighted by molar-refractivity contribution is -0.219. The van der Waals surface area contributed by atoms with Crippen LogP contribution in [0.5, 0.6) is 0 Å². The lowest BCUT2D eigenvalue weighted by atomic mass is 9.39. The number of halogens is 3. The quantitative estimate of drug-likeness (QED) is 0.742. The molecule has 2 bridgehead atoms. The molecule has 0 unspecified atom stereocenters. The van der Waals surface area contributed by atoms with Gasteiger partial charge in [-0.25, -0.2) is 0 Å². The van der Waals surface area contributed by atoms with E-state index in [0.29, 0.717) is 24.9 Å². The number of methoxy groups -OCH3 is 1. The van der Waals surface area contributed by atoms with Gasteiger partial charge in [0.2, 0.25) is 5.91 Å². The average molecular weight is 372 g/mol. The topological polar surface area (TPSA) is 67.7 Å². The molecular formula is C16H19F3N4O3. The predicted molar refractivity (Wildman–Crippen MR) is 83.3 cm³/mol. The number of anilines is 1. The first kappa shape index (κ1) is 17.3. The van der Waals surface area contributed by atoms with E-state index in [1.54, 1.807) is 17.1 Å². The molecule has 1 saturated heterocycles. The van der Waals surface area contributed by atoms with E-state index in [-0.39, 0.29) is 42.5 Å². The first-order valence-corrected chi connectivity index (χ1v) is 8.40. The number of rotatable bonds is 4. The smallest absolute Gasteiger partial charge is 0.401 e. The normalized spacial score (nSPS) is 31.4. The molecule has 1 aromatic heterocycles. The zero-order valence-corrected chi connectivity index (χ0v) is 14.3. The number of alkyl halides is 3. The van der Waals surface area contributed by atoms with Gasteiger partial charge in [-0.2, -0.15) is 18.3 Å². The van der Waals surface area contributed by atoms with Crippen molar-refractivity contribution in [3.8, 4) is 0 Å². The minimum Gasteiger partial charge on any atom is -0.469 e. The molecule has 2 heterocycles. The molecule has 0 spiro atoms. The number of hydrogen-bond acceptors (Lipinski definition) is 5. The SMILES string of the molecule is COC(=O)C12CC(n3cc(N4CCN(CC(F)(F)F)CC4=O)cn3)(C1)C2. The highest BCUT2D eigenvalue weighted by Crippen LogP contribution is 2.71. The Morgan fingerprint density at radius 3 is 2.58 bits per heavy atom. The predicted octanol–water partition coefficient (Wildman–Crippen LogP) is 1.15. The van der Waals surface area contributed by atoms with E-state index in [9.17, 15) is 22.8 Å². The van der Waals surface area contributed by atoms with E-state index in [1.165, 1.54) is 12.0 Å². The summed E-state index contributed by atoms with van der Waals surface area (Å²) in [5.41, 5.74) is -0.00784. The number of carbonyl (C=O) groups is 2. The third-order valence-electron chi connectivity index (χ3n) is 5.69. The number of aromatic nitrogens is 2. The molecule has 3 aliphatic carbocycles. The zero-order chi connectivity index (χ0) is 18.7. The molecule has 1 amide bonds. The third kappa shape index (κ3) is 2.58. The fourth-order valence-corrected chi connectivity index (χ4v) is 4.51. The van der Waals surface area contributed by atoms with E-state index in [1.807, 2.05) is 0 Å². The maximum atomic E-state index is 12.5. The van der Waals surface area contributed by atoms with Crippen LogP contribution in [0.2, 0.25) is 0 Å². The number of ether oxygens (including phenoxy) is 1. The summed E-state index contributed by atoms with van der Waals surface area (Å²) in [6.07, 6.45) is 0.997. The van der Waals surface area contributed by atoms with Gasteiger partial charge in [0.1, 0.15) is 0 Å². The number of carbonyl (C=O) groups excluding carboxylic acids is 2. The van der Waals surface area contributed by atoms with Gasteiger partial charge in [0.15, 0.2) is 0 Å². The number of piperazine rings is 1. The third-order valence-corrected chi connectivity index (χ3v) is 5.69. The lowest BCUT2D eigenvalue weighted by Gasteiger charge is -2.67. The van der Waals surface area contributed by atoms with E-state index in [2.05, 4.69) is 5.10 Å². The van der Waals surface area contributed by atoms with E-state index in [0.717, 1.165) is 4.90 Å². The minimum absolute atomic E-state index is 0.160. The Bertz CT molecular complexity index is 740. The van der Waals surface area contributed by atoms with Crippen molar-refractivity contribution in [3.05, 3.63) is 12.4 Å². The van der Waals surface area contributed by atoms with E-state index >= 15 is 0 Å². The fraction of sp³-hybridized carbons (Fsp3) is 0.688. The summed E-state index contributed by atoms with van der Waals surface area (Å²) in [6, 6.07) is 0. The fourth-order valence-electron chi connectivity index (χ4n) is 4.51. The lowest BCUT2D eigenvalue weighted by Crippen LogP contribution is -2.71. The Morgan fingerprint density at radius 2 is 2.00 bits per heavy atom. The van der Waals surface area contributed by atoms with Crippen LogP contribution in [0.3, 0.4) is 0 Å². The van der Waals surface area contributed by atoms with Crippen LogP contribution in [0.25, 0.3) is 0 Å². The second kappa shape index (κ2) is 5.45. The van der Waals surface area contributed by atoms with Crippen LogP contribution in [0.15, 0.2) is 12.4 Å². The Balaban J connectivity index is 1.40. The molecule has 1 aromatic rings. The summed E-state index contributed by atoms with van der Waals surface area (Å²) in [4.78, 5) is 26.6. The molecule has 5 rings (SSSR count). The van der Waals surface area contributed by atoms with Crippen molar-refractivity contribution in [1.29, 1.82) is 0 Å². The van der Waals surface area contributed by atoms with Gasteiger partial charge in [0, 0.05) is 19.3 Å². The molecule has 0 aromatic carbocycles. The van der Waals surface area contributed by atoms with E-state index < -0.39 is 12.7 Å². The Hall–Kier alpha value is -2.10. The summed E-state index contributed by atoms with van der Waals surface area (Å²) in [5.74, 6) is -0.564. The molecule has 142 valence electrons. The summed E-state index contributed by atoms with van der Waals surface area (Å²) in [6.45, 7) is -0.988. The minimum atomic E-state index is -4.31. The number of amides is 1. The molecule has 0 atom stereocenters. The zero-order valence-electron chi connectivity index (χ0n) is 14.3. The van der Waals surface area contributed by atoms with Crippen LogP contribution >= 0.6 is 0 Å². The second-order valence-corrected chi connectivity index (χ2v) is 7.54. The monoisotopic (exact) mass is 372 g/mol. The molecular weight excluding hydrogens is 353 g/mol. The van der Waals surface area contributed by atoms with Crippen molar-refractivity contribution in [1.82, 2.24) is 14.7 Å². The van der Waals surface area contributed by atoms with Gasteiger partial charge in [-0.05, 0) is 19.3 Å². The maximum Gasteiger partial charge on any atom is 0.401 e. The van der Waals surface area contributed by atoms with Crippen LogP contribution in [-0.4, -0.2) is 66.0 Å². The second-order valence-electron chi connectivity index (χ2n) is 7.54. The van der Waals surface area contributed by atoms with Gasteiger partial charge in [-0.15, -0.1) is 0 Å². The molecule has 3 saturated carbocycles. The summed E-state index contributed by atoms with van der Waals surface area (Å²) in [5, 5.41) is 4.33. The summed E-state index contributed by atoms with van der Waals surface area (Å²) >= 11 is 0. The first-order chi connectivity index (χ1) is 12.2. The molecule has 7 nitrogen and oxygen atoms in total. The maximum absolute atomic E-state index is 12.5. The molecule has 4 aliphatic rings. The molecule has 10 heteroatoms. The highest BCUT2D eigenvalue weighted by Gasteiger charge is 2.74. The van der Waals surface area contributed by atoms with Gasteiger partial charge in [0.25, 0.3) is 0 Å². The van der Waals surface area contributed by atoms with Crippen LogP contribution in [0.4, 0.5) is 18.9 Å². The first-order valence-electron chi connectivity index (χ1n) is 8.40. The average Bonchev–Trinajstić information content (AvgIpc) is 2.92.